The minimum atomic E-state index is 0.0196. The van der Waals surface area contributed by atoms with Crippen LogP contribution in [-0.2, 0) is 11.3 Å². The molecule has 0 aromatic carbocycles. The van der Waals surface area contributed by atoms with Crippen LogP contribution < -0.4 is 0 Å². The fourth-order valence-corrected chi connectivity index (χ4v) is 1.28. The van der Waals surface area contributed by atoms with Crippen molar-refractivity contribution in [2.75, 3.05) is 13.7 Å². The molecule has 0 aliphatic carbocycles. The Morgan fingerprint density at radius 3 is 3.14 bits per heavy atom. The Morgan fingerprint density at radius 2 is 2.43 bits per heavy atom. The van der Waals surface area contributed by atoms with Gasteiger partial charge in [-0.3, -0.25) is 4.68 Å². The first-order valence-corrected chi connectivity index (χ1v) is 4.31. The molecule has 2 aromatic rings. The molecule has 0 amide bonds. The van der Waals surface area contributed by atoms with Crippen molar-refractivity contribution in [2.45, 2.75) is 6.54 Å². The number of methoxy groups -OCH3 is 1. The van der Waals surface area contributed by atoms with Crippen LogP contribution in [0.3, 0.4) is 0 Å². The Morgan fingerprint density at radius 1 is 1.57 bits per heavy atom. The van der Waals surface area contributed by atoms with Crippen LogP contribution in [-0.4, -0.2) is 33.6 Å². The summed E-state index contributed by atoms with van der Waals surface area (Å²) in [4.78, 5) is 3.77. The maximum atomic E-state index is 9.41. The third kappa shape index (κ3) is 1.54. The van der Waals surface area contributed by atoms with E-state index in [0.29, 0.717) is 18.5 Å². The maximum Gasteiger partial charge on any atom is 0.222 e. The van der Waals surface area contributed by atoms with Crippen LogP contribution in [0.4, 0.5) is 0 Å². The van der Waals surface area contributed by atoms with Crippen molar-refractivity contribution in [1.82, 2.24) is 14.8 Å². The molecule has 0 bridgehead atoms. The molecule has 0 atom stereocenters. The molecular weight excluding hydrogens is 182 g/mol. The fourth-order valence-electron chi connectivity index (χ4n) is 1.28. The van der Waals surface area contributed by atoms with Crippen molar-refractivity contribution in [1.29, 1.82) is 0 Å². The van der Waals surface area contributed by atoms with Gasteiger partial charge in [0.05, 0.1) is 24.1 Å². The van der Waals surface area contributed by atoms with Gasteiger partial charge < -0.3 is 9.84 Å². The number of aromatic nitrogens is 3. The van der Waals surface area contributed by atoms with E-state index >= 15 is 0 Å². The summed E-state index contributed by atoms with van der Waals surface area (Å²) in [6.07, 6.45) is 3.29. The maximum absolute atomic E-state index is 9.41. The zero-order chi connectivity index (χ0) is 9.97. The molecule has 2 rings (SSSR count). The van der Waals surface area contributed by atoms with Gasteiger partial charge in [-0.25, -0.2) is 4.98 Å². The summed E-state index contributed by atoms with van der Waals surface area (Å²) in [5.74, 6) is 0.0196. The van der Waals surface area contributed by atoms with Crippen LogP contribution in [0.1, 0.15) is 0 Å². The smallest absolute Gasteiger partial charge is 0.222 e. The van der Waals surface area contributed by atoms with Gasteiger partial charge in [-0.15, -0.1) is 0 Å². The van der Waals surface area contributed by atoms with Crippen molar-refractivity contribution >= 4 is 10.9 Å². The van der Waals surface area contributed by atoms with Crippen LogP contribution in [0.5, 0.6) is 5.88 Å². The lowest BCUT2D eigenvalue weighted by Gasteiger charge is -1.97. The van der Waals surface area contributed by atoms with E-state index in [9.17, 15) is 5.11 Å². The SMILES string of the molecule is COCCn1cc2c(O)nccc2n1. The summed E-state index contributed by atoms with van der Waals surface area (Å²) < 4.78 is 6.66. The molecule has 0 aliphatic rings. The van der Waals surface area contributed by atoms with Crippen LogP contribution in [0.2, 0.25) is 0 Å². The number of nitrogens with zero attached hydrogens (tertiary/aromatic N) is 3. The largest absolute Gasteiger partial charge is 0.493 e. The Balaban J connectivity index is 2.36. The number of hydrogen-bond donors (Lipinski definition) is 1. The number of hydrogen-bond acceptors (Lipinski definition) is 4. The Hall–Kier alpha value is -1.62. The van der Waals surface area contributed by atoms with E-state index in [1.165, 1.54) is 6.20 Å². The first kappa shape index (κ1) is 8.96. The zero-order valence-corrected chi connectivity index (χ0v) is 7.84. The average Bonchev–Trinajstić information content (AvgIpc) is 2.59. The van der Waals surface area contributed by atoms with Crippen LogP contribution in [0, 0.1) is 0 Å². The lowest BCUT2D eigenvalue weighted by Crippen LogP contribution is -2.03. The molecule has 0 fully saturated rings. The second kappa shape index (κ2) is 3.63. The lowest BCUT2D eigenvalue weighted by molar-refractivity contribution is 0.184. The van der Waals surface area contributed by atoms with Gasteiger partial charge in [0.15, 0.2) is 0 Å². The Kier molecular flexibility index (Phi) is 2.32. The van der Waals surface area contributed by atoms with Gasteiger partial charge in [-0.1, -0.05) is 0 Å². The topological polar surface area (TPSA) is 60.2 Å². The molecule has 1 N–H and O–H groups in total. The average molecular weight is 193 g/mol. The molecule has 5 nitrogen and oxygen atoms in total. The highest BCUT2D eigenvalue weighted by Crippen LogP contribution is 2.19. The van der Waals surface area contributed by atoms with Crippen molar-refractivity contribution in [2.24, 2.45) is 0 Å². The van der Waals surface area contributed by atoms with Gasteiger partial charge in [0, 0.05) is 19.5 Å². The third-order valence-electron chi connectivity index (χ3n) is 1.98. The molecule has 0 radical (unpaired) electrons. The first-order chi connectivity index (χ1) is 6.81. The highest BCUT2D eigenvalue weighted by molar-refractivity contribution is 5.82. The molecule has 74 valence electrons. The Bertz CT molecular complexity index is 439. The van der Waals surface area contributed by atoms with E-state index < -0.39 is 0 Å². The molecule has 0 saturated carbocycles. The number of ether oxygens (including phenoxy) is 1. The van der Waals surface area contributed by atoms with Gasteiger partial charge in [0.25, 0.3) is 0 Å². The quantitative estimate of drug-likeness (QED) is 0.782. The lowest BCUT2D eigenvalue weighted by atomic mass is 10.3. The number of aromatic hydroxyl groups is 1. The van der Waals surface area contributed by atoms with Gasteiger partial charge in [0.2, 0.25) is 5.88 Å². The Labute approximate surface area is 80.9 Å². The summed E-state index contributed by atoms with van der Waals surface area (Å²) >= 11 is 0. The van der Waals surface area contributed by atoms with Crippen molar-refractivity contribution in [3.63, 3.8) is 0 Å². The first-order valence-electron chi connectivity index (χ1n) is 4.31. The van der Waals surface area contributed by atoms with E-state index in [4.69, 9.17) is 4.74 Å². The summed E-state index contributed by atoms with van der Waals surface area (Å²) in [5, 5.41) is 14.3. The molecule has 0 unspecified atom stereocenters. The van der Waals surface area contributed by atoms with Gasteiger partial charge in [-0.2, -0.15) is 5.10 Å². The predicted molar refractivity (Wildman–Crippen MR) is 51.1 cm³/mol. The van der Waals surface area contributed by atoms with E-state index in [1.54, 1.807) is 24.1 Å². The second-order valence-electron chi connectivity index (χ2n) is 2.95. The van der Waals surface area contributed by atoms with Gasteiger partial charge in [-0.05, 0) is 6.07 Å². The van der Waals surface area contributed by atoms with Gasteiger partial charge >= 0.3 is 0 Å². The minimum Gasteiger partial charge on any atom is -0.493 e. The molecule has 14 heavy (non-hydrogen) atoms. The summed E-state index contributed by atoms with van der Waals surface area (Å²) in [6.45, 7) is 1.27. The van der Waals surface area contributed by atoms with Crippen molar-refractivity contribution < 1.29 is 9.84 Å². The third-order valence-corrected chi connectivity index (χ3v) is 1.98. The summed E-state index contributed by atoms with van der Waals surface area (Å²) in [6, 6.07) is 1.76. The summed E-state index contributed by atoms with van der Waals surface area (Å²) in [5.41, 5.74) is 0.744. The molecule has 0 saturated heterocycles. The van der Waals surface area contributed by atoms with E-state index in [1.807, 2.05) is 0 Å². The minimum absolute atomic E-state index is 0.0196. The summed E-state index contributed by atoms with van der Waals surface area (Å²) in [7, 11) is 1.64. The van der Waals surface area contributed by atoms with E-state index in [0.717, 1.165) is 5.52 Å². The van der Waals surface area contributed by atoms with Crippen LogP contribution in [0.25, 0.3) is 10.9 Å². The monoisotopic (exact) mass is 193 g/mol. The molecule has 5 heteroatoms. The van der Waals surface area contributed by atoms with Crippen LogP contribution in [0.15, 0.2) is 18.5 Å². The zero-order valence-electron chi connectivity index (χ0n) is 7.84. The standard InChI is InChI=1S/C9H11N3O2/c1-14-5-4-12-6-7-8(11-12)2-3-10-9(7)13/h2-3,6H,4-5H2,1H3,(H,10,13). The highest BCUT2D eigenvalue weighted by Gasteiger charge is 2.04. The molecule has 2 aromatic heterocycles. The van der Waals surface area contributed by atoms with E-state index in [2.05, 4.69) is 10.1 Å². The predicted octanol–water partition coefficient (Wildman–Crippen LogP) is 0.783. The highest BCUT2D eigenvalue weighted by atomic mass is 16.5. The molecule has 2 heterocycles. The molecule has 0 aliphatic heterocycles. The fraction of sp³-hybridized carbons (Fsp3) is 0.333. The molecular formula is C9H11N3O2. The number of rotatable bonds is 3. The van der Waals surface area contributed by atoms with Crippen molar-refractivity contribution in [3.05, 3.63) is 18.5 Å². The van der Waals surface area contributed by atoms with E-state index in [-0.39, 0.29) is 5.88 Å². The normalized spacial score (nSPS) is 10.9. The van der Waals surface area contributed by atoms with Crippen molar-refractivity contribution in [3.8, 4) is 5.88 Å². The molecule has 0 spiro atoms. The number of fused-ring (bicyclic) bond motifs is 1. The number of pyridine rings is 1. The van der Waals surface area contributed by atoms with Crippen LogP contribution >= 0.6 is 0 Å². The van der Waals surface area contributed by atoms with Gasteiger partial charge in [0.1, 0.15) is 0 Å². The second-order valence-corrected chi connectivity index (χ2v) is 2.95.